The van der Waals surface area contributed by atoms with Gasteiger partial charge in [-0.2, -0.15) is 4.31 Å². The summed E-state index contributed by atoms with van der Waals surface area (Å²) in [5, 5.41) is 2.94. The second-order valence-electron chi connectivity index (χ2n) is 4.84. The number of hydrogen-bond acceptors (Lipinski definition) is 4. The molecule has 1 heterocycles. The summed E-state index contributed by atoms with van der Waals surface area (Å²) in [7, 11) is -1.76. The first-order valence-electron chi connectivity index (χ1n) is 6.98. The molecule has 1 aliphatic heterocycles. The quantitative estimate of drug-likeness (QED) is 0.871. The molecule has 1 aliphatic rings. The van der Waals surface area contributed by atoms with Crippen LogP contribution < -0.4 is 5.32 Å². The molecule has 0 aliphatic carbocycles. The minimum Gasteiger partial charge on any atom is -0.387 e. The van der Waals surface area contributed by atoms with E-state index in [0.717, 1.165) is 19.4 Å². The summed E-state index contributed by atoms with van der Waals surface area (Å²) in [4.78, 5) is 0.322. The highest BCUT2D eigenvalue weighted by atomic mass is 32.2. The zero-order valence-corrected chi connectivity index (χ0v) is 12.8. The molecule has 5 nitrogen and oxygen atoms in total. The van der Waals surface area contributed by atoms with E-state index in [2.05, 4.69) is 5.32 Å². The fourth-order valence-electron chi connectivity index (χ4n) is 2.45. The summed E-state index contributed by atoms with van der Waals surface area (Å²) in [6.45, 7) is 3.46. The van der Waals surface area contributed by atoms with Gasteiger partial charge < -0.3 is 10.1 Å². The molecule has 1 saturated heterocycles. The lowest BCUT2D eigenvalue weighted by Crippen LogP contribution is -2.37. The normalized spacial score (nSPS) is 19.4. The van der Waals surface area contributed by atoms with E-state index in [1.165, 1.54) is 4.31 Å². The first kappa shape index (κ1) is 15.3. The highest BCUT2D eigenvalue weighted by Gasteiger charge is 2.29. The third-order valence-electron chi connectivity index (χ3n) is 3.56. The number of nitrogens with zero attached hydrogens (tertiary/aromatic N) is 1. The first-order valence-corrected chi connectivity index (χ1v) is 8.42. The van der Waals surface area contributed by atoms with Crippen LogP contribution >= 0.6 is 0 Å². The number of anilines is 1. The molecule has 0 aromatic heterocycles. The Morgan fingerprint density at radius 2 is 2.15 bits per heavy atom. The Hall–Kier alpha value is -1.11. The molecule has 0 bridgehead atoms. The lowest BCUT2D eigenvalue weighted by atomic mass is 10.2. The van der Waals surface area contributed by atoms with Gasteiger partial charge in [0.1, 0.15) is 4.90 Å². The molecular weight excluding hydrogens is 276 g/mol. The van der Waals surface area contributed by atoms with Crippen molar-refractivity contribution >= 4 is 15.7 Å². The van der Waals surface area contributed by atoms with Gasteiger partial charge in [-0.25, -0.2) is 8.42 Å². The van der Waals surface area contributed by atoms with Crippen molar-refractivity contribution in [3.63, 3.8) is 0 Å². The molecule has 1 N–H and O–H groups in total. The maximum atomic E-state index is 12.8. The lowest BCUT2D eigenvalue weighted by molar-refractivity contribution is 0.0947. The molecule has 1 unspecified atom stereocenters. The van der Waals surface area contributed by atoms with Crippen molar-refractivity contribution < 1.29 is 13.2 Å². The summed E-state index contributed by atoms with van der Waals surface area (Å²) >= 11 is 0. The Morgan fingerprint density at radius 3 is 2.75 bits per heavy atom. The Bertz CT molecular complexity index is 539. The zero-order valence-electron chi connectivity index (χ0n) is 12.0. The van der Waals surface area contributed by atoms with Gasteiger partial charge in [-0.15, -0.1) is 0 Å². The van der Waals surface area contributed by atoms with Gasteiger partial charge in [-0.05, 0) is 25.0 Å². The minimum atomic E-state index is -3.49. The van der Waals surface area contributed by atoms with Crippen molar-refractivity contribution in [1.82, 2.24) is 4.31 Å². The highest BCUT2D eigenvalue weighted by molar-refractivity contribution is 7.89. The lowest BCUT2D eigenvalue weighted by Gasteiger charge is -2.24. The van der Waals surface area contributed by atoms with E-state index in [0.29, 0.717) is 23.7 Å². The van der Waals surface area contributed by atoms with E-state index in [-0.39, 0.29) is 6.10 Å². The van der Waals surface area contributed by atoms with Crippen LogP contribution in [-0.2, 0) is 14.8 Å². The molecule has 0 saturated carbocycles. The average Bonchev–Trinajstić information content (AvgIpc) is 2.97. The molecular formula is C14H22N2O3S. The van der Waals surface area contributed by atoms with Gasteiger partial charge in [0.2, 0.25) is 10.0 Å². The second-order valence-corrected chi connectivity index (χ2v) is 6.74. The van der Waals surface area contributed by atoms with Crippen molar-refractivity contribution in [3.8, 4) is 0 Å². The summed E-state index contributed by atoms with van der Waals surface area (Å²) < 4.78 is 32.6. The third-order valence-corrected chi connectivity index (χ3v) is 5.56. The number of para-hydroxylation sites is 1. The van der Waals surface area contributed by atoms with Crippen LogP contribution in [0.4, 0.5) is 5.69 Å². The highest BCUT2D eigenvalue weighted by Crippen LogP contribution is 2.25. The standard InChI is InChI=1S/C14H22N2O3S/c1-3-16(11-12-7-6-10-19-12)20(17,18)14-9-5-4-8-13(14)15-2/h4-5,8-9,12,15H,3,6-7,10-11H2,1-2H3. The summed E-state index contributed by atoms with van der Waals surface area (Å²) in [6, 6.07) is 6.97. The Morgan fingerprint density at radius 1 is 1.40 bits per heavy atom. The van der Waals surface area contributed by atoms with Crippen LogP contribution in [0, 0.1) is 0 Å². The number of benzene rings is 1. The van der Waals surface area contributed by atoms with Crippen LogP contribution in [0.5, 0.6) is 0 Å². The third kappa shape index (κ3) is 3.13. The monoisotopic (exact) mass is 298 g/mol. The fourth-order valence-corrected chi connectivity index (χ4v) is 4.13. The van der Waals surface area contributed by atoms with Gasteiger partial charge in [0, 0.05) is 26.7 Å². The summed E-state index contributed by atoms with van der Waals surface area (Å²) in [6.07, 6.45) is 1.96. The van der Waals surface area contributed by atoms with Crippen LogP contribution in [0.2, 0.25) is 0 Å². The molecule has 112 valence electrons. The Labute approximate surface area is 121 Å². The number of rotatable bonds is 6. The van der Waals surface area contributed by atoms with Gasteiger partial charge in [0.25, 0.3) is 0 Å². The van der Waals surface area contributed by atoms with Crippen molar-refractivity contribution in [1.29, 1.82) is 0 Å². The maximum absolute atomic E-state index is 12.8. The van der Waals surface area contributed by atoms with Gasteiger partial charge in [-0.3, -0.25) is 0 Å². The molecule has 0 amide bonds. The fraction of sp³-hybridized carbons (Fsp3) is 0.571. The molecule has 0 spiro atoms. The van der Waals surface area contributed by atoms with Crippen LogP contribution in [0.25, 0.3) is 0 Å². The summed E-state index contributed by atoms with van der Waals surface area (Å²) in [5.74, 6) is 0. The number of hydrogen-bond donors (Lipinski definition) is 1. The van der Waals surface area contributed by atoms with E-state index in [4.69, 9.17) is 4.74 Å². The number of nitrogens with one attached hydrogen (secondary N) is 1. The molecule has 1 atom stereocenters. The molecule has 1 fully saturated rings. The van der Waals surface area contributed by atoms with Crippen molar-refractivity contribution in [2.75, 3.05) is 32.1 Å². The Balaban J connectivity index is 2.26. The van der Waals surface area contributed by atoms with Crippen LogP contribution in [0.1, 0.15) is 19.8 Å². The largest absolute Gasteiger partial charge is 0.387 e. The number of ether oxygens (including phenoxy) is 1. The topological polar surface area (TPSA) is 58.6 Å². The van der Waals surface area contributed by atoms with Crippen molar-refractivity contribution in [2.45, 2.75) is 30.8 Å². The molecule has 6 heteroatoms. The van der Waals surface area contributed by atoms with Gasteiger partial charge in [0.15, 0.2) is 0 Å². The average molecular weight is 298 g/mol. The van der Waals surface area contributed by atoms with E-state index in [1.54, 1.807) is 25.2 Å². The van der Waals surface area contributed by atoms with E-state index in [1.807, 2.05) is 13.0 Å². The maximum Gasteiger partial charge on any atom is 0.245 e. The minimum absolute atomic E-state index is 0.0199. The first-order chi connectivity index (χ1) is 9.59. The van der Waals surface area contributed by atoms with Gasteiger partial charge >= 0.3 is 0 Å². The van der Waals surface area contributed by atoms with Gasteiger partial charge in [-0.1, -0.05) is 19.1 Å². The van der Waals surface area contributed by atoms with E-state index >= 15 is 0 Å². The Kier molecular flexibility index (Phi) is 5.01. The predicted molar refractivity (Wildman–Crippen MR) is 79.4 cm³/mol. The van der Waals surface area contributed by atoms with Crippen molar-refractivity contribution in [3.05, 3.63) is 24.3 Å². The van der Waals surface area contributed by atoms with Crippen LogP contribution in [0.3, 0.4) is 0 Å². The second kappa shape index (κ2) is 6.56. The zero-order chi connectivity index (χ0) is 14.6. The SMILES string of the molecule is CCN(CC1CCCO1)S(=O)(=O)c1ccccc1NC. The van der Waals surface area contributed by atoms with Crippen LogP contribution in [-0.4, -0.2) is 45.6 Å². The number of likely N-dealkylation sites (N-methyl/N-ethyl adjacent to an activating group) is 1. The van der Waals surface area contributed by atoms with Crippen molar-refractivity contribution in [2.24, 2.45) is 0 Å². The number of sulfonamides is 1. The van der Waals surface area contributed by atoms with E-state index < -0.39 is 10.0 Å². The predicted octanol–water partition coefficient (Wildman–Crippen LogP) is 1.92. The smallest absolute Gasteiger partial charge is 0.245 e. The molecule has 20 heavy (non-hydrogen) atoms. The molecule has 1 aromatic carbocycles. The molecule has 2 rings (SSSR count). The summed E-state index contributed by atoms with van der Waals surface area (Å²) in [5.41, 5.74) is 0.623. The van der Waals surface area contributed by atoms with Crippen LogP contribution in [0.15, 0.2) is 29.2 Å². The van der Waals surface area contributed by atoms with E-state index in [9.17, 15) is 8.42 Å². The van der Waals surface area contributed by atoms with Gasteiger partial charge in [0.05, 0.1) is 11.8 Å². The molecule has 0 radical (unpaired) electrons. The molecule has 1 aromatic rings.